The lowest BCUT2D eigenvalue weighted by molar-refractivity contribution is -0.143. The molecule has 0 aliphatic heterocycles. The van der Waals surface area contributed by atoms with Gasteiger partial charge in [0.1, 0.15) is 5.04 Å². The molecule has 4 nitrogen and oxygen atoms in total. The zero-order valence-electron chi connectivity index (χ0n) is 12.4. The number of aliphatic carboxylic acids is 1. The average molecular weight is 276 g/mol. The Kier molecular flexibility index (Phi) is 8.48. The summed E-state index contributed by atoms with van der Waals surface area (Å²) in [4.78, 5) is 11.8. The van der Waals surface area contributed by atoms with Gasteiger partial charge in [-0.1, -0.05) is 33.6 Å². The van der Waals surface area contributed by atoms with Crippen LogP contribution < -0.4 is 0 Å². The molecule has 0 spiro atoms. The molecule has 1 atom stereocenters. The van der Waals surface area contributed by atoms with Crippen LogP contribution in [-0.4, -0.2) is 33.6 Å². The number of carboxylic acids is 1. The van der Waals surface area contributed by atoms with Gasteiger partial charge in [0, 0.05) is 13.2 Å². The topological polar surface area (TPSA) is 55.8 Å². The van der Waals surface area contributed by atoms with E-state index < -0.39 is 20.3 Å². The van der Waals surface area contributed by atoms with Gasteiger partial charge < -0.3 is 14.0 Å². The molecule has 0 fully saturated rings. The molecule has 0 saturated heterocycles. The third-order valence-corrected chi connectivity index (χ3v) is 6.74. The number of carboxylic acid groups (broad SMARTS) is 1. The maximum absolute atomic E-state index is 11.8. The summed E-state index contributed by atoms with van der Waals surface area (Å²) >= 11 is 0. The maximum Gasteiger partial charge on any atom is 0.339 e. The van der Waals surface area contributed by atoms with Crippen LogP contribution in [0.5, 0.6) is 0 Å². The number of carbonyl (C=O) groups is 1. The largest absolute Gasteiger partial charge is 0.481 e. The SMILES string of the molecule is CCCCC(C(=O)O)(C(C)C)[SiH](OCC)OCC. The van der Waals surface area contributed by atoms with Crippen LogP contribution in [-0.2, 0) is 13.6 Å². The second-order valence-electron chi connectivity index (χ2n) is 4.85. The van der Waals surface area contributed by atoms with E-state index in [0.717, 1.165) is 12.8 Å². The van der Waals surface area contributed by atoms with E-state index in [1.807, 2.05) is 27.7 Å². The predicted octanol–water partition coefficient (Wildman–Crippen LogP) is 2.95. The van der Waals surface area contributed by atoms with Gasteiger partial charge in [0.05, 0.1) is 0 Å². The quantitative estimate of drug-likeness (QED) is 0.623. The van der Waals surface area contributed by atoms with Crippen LogP contribution >= 0.6 is 0 Å². The van der Waals surface area contributed by atoms with Crippen molar-refractivity contribution in [1.82, 2.24) is 0 Å². The molecule has 0 aliphatic rings. The first-order valence-corrected chi connectivity index (χ1v) is 8.45. The smallest absolute Gasteiger partial charge is 0.339 e. The number of hydrogen-bond acceptors (Lipinski definition) is 3. The summed E-state index contributed by atoms with van der Waals surface area (Å²) in [6, 6.07) is 0. The highest BCUT2D eigenvalue weighted by Gasteiger charge is 2.51. The van der Waals surface area contributed by atoms with Gasteiger partial charge in [-0.2, -0.15) is 0 Å². The minimum atomic E-state index is -2.23. The van der Waals surface area contributed by atoms with Crippen molar-refractivity contribution in [2.45, 2.75) is 58.9 Å². The van der Waals surface area contributed by atoms with Crippen LogP contribution in [0.4, 0.5) is 0 Å². The summed E-state index contributed by atoms with van der Waals surface area (Å²) in [5.74, 6) is -0.735. The fourth-order valence-electron chi connectivity index (χ4n) is 2.25. The molecule has 0 bridgehead atoms. The molecule has 5 heteroatoms. The Balaban J connectivity index is 5.26. The fraction of sp³-hybridized carbons (Fsp3) is 0.923. The van der Waals surface area contributed by atoms with Crippen LogP contribution in [0, 0.1) is 5.92 Å². The zero-order valence-corrected chi connectivity index (χ0v) is 13.5. The Hall–Kier alpha value is -0.393. The van der Waals surface area contributed by atoms with Gasteiger partial charge in [0.15, 0.2) is 0 Å². The summed E-state index contributed by atoms with van der Waals surface area (Å²) in [7, 11) is -2.23. The lowest BCUT2D eigenvalue weighted by Crippen LogP contribution is -2.47. The lowest BCUT2D eigenvalue weighted by atomic mass is 9.89. The van der Waals surface area contributed by atoms with Crippen LogP contribution in [0.25, 0.3) is 0 Å². The highest BCUT2D eigenvalue weighted by Crippen LogP contribution is 2.45. The van der Waals surface area contributed by atoms with Crippen molar-refractivity contribution in [1.29, 1.82) is 0 Å². The highest BCUT2D eigenvalue weighted by molar-refractivity contribution is 6.54. The molecule has 0 rings (SSSR count). The van der Waals surface area contributed by atoms with E-state index in [2.05, 4.69) is 6.92 Å². The first-order chi connectivity index (χ1) is 8.47. The Bertz CT molecular complexity index is 239. The van der Waals surface area contributed by atoms with Crippen molar-refractivity contribution in [2.75, 3.05) is 13.2 Å². The van der Waals surface area contributed by atoms with Crippen molar-refractivity contribution in [3.63, 3.8) is 0 Å². The summed E-state index contributed by atoms with van der Waals surface area (Å²) < 4.78 is 11.4. The van der Waals surface area contributed by atoms with Gasteiger partial charge in [-0.15, -0.1) is 0 Å². The molecule has 1 N–H and O–H groups in total. The monoisotopic (exact) mass is 276 g/mol. The molecule has 0 aromatic carbocycles. The first-order valence-electron chi connectivity index (χ1n) is 6.93. The minimum absolute atomic E-state index is 0.0244. The van der Waals surface area contributed by atoms with Crippen LogP contribution in [0.3, 0.4) is 0 Å². The van der Waals surface area contributed by atoms with Crippen LogP contribution in [0.2, 0.25) is 5.04 Å². The second-order valence-corrected chi connectivity index (χ2v) is 7.21. The van der Waals surface area contributed by atoms with Crippen LogP contribution in [0.15, 0.2) is 0 Å². The van der Waals surface area contributed by atoms with E-state index in [1.165, 1.54) is 0 Å². The summed E-state index contributed by atoms with van der Waals surface area (Å²) in [5.41, 5.74) is 0. The van der Waals surface area contributed by atoms with E-state index >= 15 is 0 Å². The molecule has 0 saturated carbocycles. The number of rotatable bonds is 10. The average Bonchev–Trinajstić information content (AvgIpc) is 2.29. The molecular weight excluding hydrogens is 248 g/mol. The standard InChI is InChI=1S/C13H28O4Si/c1-6-9-10-13(11(4)5,12(14)15)18(16-7-2)17-8-3/h11,18H,6-10H2,1-5H3,(H,14,15). The van der Waals surface area contributed by atoms with Gasteiger partial charge >= 0.3 is 15.3 Å². The highest BCUT2D eigenvalue weighted by atomic mass is 28.3. The molecule has 0 radical (unpaired) electrons. The van der Waals surface area contributed by atoms with Gasteiger partial charge in [0.25, 0.3) is 0 Å². The maximum atomic E-state index is 11.8. The van der Waals surface area contributed by atoms with E-state index in [-0.39, 0.29) is 5.92 Å². The molecule has 0 aromatic heterocycles. The van der Waals surface area contributed by atoms with Crippen LogP contribution in [0.1, 0.15) is 53.9 Å². The number of hydrogen-bond donors (Lipinski definition) is 1. The van der Waals surface area contributed by atoms with E-state index in [9.17, 15) is 9.90 Å². The van der Waals surface area contributed by atoms with Crippen molar-refractivity contribution >= 4 is 15.3 Å². The molecule has 0 amide bonds. The Labute approximate surface area is 113 Å². The fourth-order valence-corrected chi connectivity index (χ4v) is 4.73. The van der Waals surface area contributed by atoms with Gasteiger partial charge in [-0.25, -0.2) is 0 Å². The Morgan fingerprint density at radius 2 is 1.72 bits per heavy atom. The first kappa shape index (κ1) is 17.6. The summed E-state index contributed by atoms with van der Waals surface area (Å²) in [6.07, 6.45) is 2.53. The van der Waals surface area contributed by atoms with Crippen molar-refractivity contribution in [2.24, 2.45) is 5.92 Å². The van der Waals surface area contributed by atoms with Crippen molar-refractivity contribution in [3.8, 4) is 0 Å². The minimum Gasteiger partial charge on any atom is -0.481 e. The molecule has 0 heterocycles. The van der Waals surface area contributed by atoms with Gasteiger partial charge in [-0.3, -0.25) is 4.79 Å². The van der Waals surface area contributed by atoms with Gasteiger partial charge in [-0.05, 0) is 26.2 Å². The van der Waals surface area contributed by atoms with Crippen molar-refractivity contribution < 1.29 is 18.8 Å². The lowest BCUT2D eigenvalue weighted by Gasteiger charge is -2.38. The molecular formula is C13H28O4Si. The Morgan fingerprint density at radius 1 is 1.22 bits per heavy atom. The summed E-state index contributed by atoms with van der Waals surface area (Å²) in [5, 5.41) is 8.90. The van der Waals surface area contributed by atoms with E-state index in [1.54, 1.807) is 0 Å². The molecule has 108 valence electrons. The third-order valence-electron chi connectivity index (χ3n) is 3.43. The molecule has 0 aromatic rings. The number of unbranched alkanes of at least 4 members (excludes halogenated alkanes) is 1. The molecule has 18 heavy (non-hydrogen) atoms. The predicted molar refractivity (Wildman–Crippen MR) is 75.1 cm³/mol. The second kappa shape index (κ2) is 8.66. The third kappa shape index (κ3) is 4.07. The van der Waals surface area contributed by atoms with Gasteiger partial charge in [0.2, 0.25) is 0 Å². The van der Waals surface area contributed by atoms with Crippen molar-refractivity contribution in [3.05, 3.63) is 0 Å². The molecule has 1 unspecified atom stereocenters. The molecule has 0 aliphatic carbocycles. The normalized spacial score (nSPS) is 15.1. The Morgan fingerprint density at radius 3 is 2.00 bits per heavy atom. The van der Waals surface area contributed by atoms with E-state index in [0.29, 0.717) is 19.6 Å². The zero-order chi connectivity index (χ0) is 14.2. The summed E-state index contributed by atoms with van der Waals surface area (Å²) in [6.45, 7) is 10.8. The van der Waals surface area contributed by atoms with E-state index in [4.69, 9.17) is 8.85 Å².